The van der Waals surface area contributed by atoms with Gasteiger partial charge in [-0.15, -0.1) is 11.8 Å². The average Bonchev–Trinajstić information content (AvgIpc) is 2.67. The number of carbonyl (C=O) groups excluding carboxylic acids is 2. The van der Waals surface area contributed by atoms with Crippen molar-refractivity contribution in [3.8, 4) is 11.1 Å². The molecule has 0 radical (unpaired) electrons. The highest BCUT2D eigenvalue weighted by molar-refractivity contribution is 7.99. The van der Waals surface area contributed by atoms with E-state index in [0.29, 0.717) is 23.8 Å². The Kier molecular flexibility index (Phi) is 5.85. The van der Waals surface area contributed by atoms with Crippen LogP contribution >= 0.6 is 11.8 Å². The molecule has 0 aliphatic carbocycles. The molecule has 27 heavy (non-hydrogen) atoms. The summed E-state index contributed by atoms with van der Waals surface area (Å²) in [4.78, 5) is 30.8. The van der Waals surface area contributed by atoms with Crippen LogP contribution < -0.4 is 0 Å². The summed E-state index contributed by atoms with van der Waals surface area (Å²) in [6.45, 7) is 6.50. The lowest BCUT2D eigenvalue weighted by molar-refractivity contribution is -0.145. The molecule has 1 aromatic heterocycles. The Morgan fingerprint density at radius 1 is 1.22 bits per heavy atom. The van der Waals surface area contributed by atoms with Crippen LogP contribution in [0.2, 0.25) is 0 Å². The smallest absolute Gasteiger partial charge is 0.328 e. The lowest BCUT2D eigenvalue weighted by Gasteiger charge is -2.32. The Morgan fingerprint density at radius 3 is 2.70 bits per heavy atom. The van der Waals surface area contributed by atoms with Crippen molar-refractivity contribution in [2.75, 3.05) is 13.7 Å². The van der Waals surface area contributed by atoms with Crippen LogP contribution in [0.1, 0.15) is 36.7 Å². The maximum absolute atomic E-state index is 12.8. The predicted octanol–water partition coefficient (Wildman–Crippen LogP) is 3.81. The Labute approximate surface area is 164 Å². The molecular weight excluding hydrogens is 360 g/mol. The molecule has 2 aromatic rings. The first-order chi connectivity index (χ1) is 12.9. The van der Waals surface area contributed by atoms with E-state index in [0.717, 1.165) is 21.7 Å². The number of amides is 1. The Hall–Kier alpha value is -2.34. The zero-order valence-electron chi connectivity index (χ0n) is 16.1. The second kappa shape index (κ2) is 8.13. The van der Waals surface area contributed by atoms with E-state index in [4.69, 9.17) is 4.74 Å². The molecule has 2 heterocycles. The largest absolute Gasteiger partial charge is 0.467 e. The van der Waals surface area contributed by atoms with Crippen molar-refractivity contribution in [2.45, 2.75) is 43.5 Å². The number of hydrogen-bond acceptors (Lipinski definition) is 5. The number of rotatable bonds is 5. The highest BCUT2D eigenvalue weighted by Crippen LogP contribution is 2.34. The zero-order chi connectivity index (χ0) is 19.6. The number of methoxy groups -OCH3 is 1. The second-order valence-electron chi connectivity index (χ2n) is 6.84. The summed E-state index contributed by atoms with van der Waals surface area (Å²) in [5.41, 5.74) is 3.81. The number of fused-ring (bicyclic) bond motifs is 1. The van der Waals surface area contributed by atoms with E-state index in [2.05, 4.69) is 31.0 Å². The van der Waals surface area contributed by atoms with E-state index in [9.17, 15) is 9.59 Å². The standard InChI is InChI=1S/C21H24N2O3S/c1-13(2)27-19-17(6-5-10-22-19)15-7-8-18-16(12-15)9-11-23(20(18)24)14(3)21(25)26-4/h5-8,10,12-14H,9,11H2,1-4H3. The van der Waals surface area contributed by atoms with Crippen LogP contribution in [0.5, 0.6) is 0 Å². The first-order valence-electron chi connectivity index (χ1n) is 9.06. The third-order valence-electron chi connectivity index (χ3n) is 4.66. The fraction of sp³-hybridized carbons (Fsp3) is 0.381. The Bertz CT molecular complexity index is 866. The summed E-state index contributed by atoms with van der Waals surface area (Å²) in [5, 5.41) is 1.43. The van der Waals surface area contributed by atoms with Gasteiger partial charge >= 0.3 is 5.97 Å². The summed E-state index contributed by atoms with van der Waals surface area (Å²) in [5.74, 6) is -0.516. The molecule has 0 spiro atoms. The fourth-order valence-corrected chi connectivity index (χ4v) is 4.15. The topological polar surface area (TPSA) is 59.5 Å². The van der Waals surface area contributed by atoms with Crippen LogP contribution in [0.25, 0.3) is 11.1 Å². The molecule has 0 saturated heterocycles. The molecule has 3 rings (SSSR count). The lowest BCUT2D eigenvalue weighted by Crippen LogP contribution is -2.47. The number of pyridine rings is 1. The number of carbonyl (C=O) groups is 2. The Balaban J connectivity index is 1.92. The van der Waals surface area contributed by atoms with Crippen LogP contribution in [-0.4, -0.2) is 46.7 Å². The van der Waals surface area contributed by atoms with Crippen molar-refractivity contribution in [3.05, 3.63) is 47.7 Å². The van der Waals surface area contributed by atoms with Crippen LogP contribution in [0.4, 0.5) is 0 Å². The van der Waals surface area contributed by atoms with Crippen molar-refractivity contribution < 1.29 is 14.3 Å². The number of esters is 1. The number of thioether (sulfide) groups is 1. The third kappa shape index (κ3) is 4.00. The van der Waals surface area contributed by atoms with Gasteiger partial charge in [0.05, 0.1) is 7.11 Å². The number of aromatic nitrogens is 1. The van der Waals surface area contributed by atoms with Crippen molar-refractivity contribution in [2.24, 2.45) is 0 Å². The molecule has 1 unspecified atom stereocenters. The molecule has 1 atom stereocenters. The SMILES string of the molecule is COC(=O)C(C)N1CCc2cc(-c3cccnc3SC(C)C)ccc2C1=O. The van der Waals surface area contributed by atoms with Crippen molar-refractivity contribution in [3.63, 3.8) is 0 Å². The molecular formula is C21H24N2O3S. The maximum Gasteiger partial charge on any atom is 0.328 e. The van der Waals surface area contributed by atoms with Gasteiger partial charge in [0, 0.05) is 29.1 Å². The molecule has 0 fully saturated rings. The van der Waals surface area contributed by atoms with Crippen LogP contribution in [0.15, 0.2) is 41.6 Å². The molecule has 1 aliphatic heterocycles. The summed E-state index contributed by atoms with van der Waals surface area (Å²) >= 11 is 1.73. The van der Waals surface area contributed by atoms with Crippen LogP contribution in [0, 0.1) is 0 Å². The minimum atomic E-state index is -0.581. The first-order valence-corrected chi connectivity index (χ1v) is 9.94. The summed E-state index contributed by atoms with van der Waals surface area (Å²) < 4.78 is 4.78. The third-order valence-corrected chi connectivity index (χ3v) is 5.68. The van der Waals surface area contributed by atoms with Gasteiger partial charge in [-0.25, -0.2) is 9.78 Å². The summed E-state index contributed by atoms with van der Waals surface area (Å²) in [6.07, 6.45) is 2.52. The highest BCUT2D eigenvalue weighted by Gasteiger charge is 2.32. The van der Waals surface area contributed by atoms with Gasteiger partial charge in [0.2, 0.25) is 0 Å². The molecule has 5 nitrogen and oxygen atoms in total. The molecule has 0 N–H and O–H groups in total. The van der Waals surface area contributed by atoms with Gasteiger partial charge in [0.25, 0.3) is 5.91 Å². The monoisotopic (exact) mass is 384 g/mol. The molecule has 0 saturated carbocycles. The van der Waals surface area contributed by atoms with E-state index in [1.165, 1.54) is 7.11 Å². The maximum atomic E-state index is 12.8. The minimum absolute atomic E-state index is 0.122. The number of ether oxygens (including phenoxy) is 1. The Morgan fingerprint density at radius 2 is 2.00 bits per heavy atom. The van der Waals surface area contributed by atoms with Gasteiger partial charge in [0.15, 0.2) is 0 Å². The molecule has 1 aliphatic rings. The average molecular weight is 385 g/mol. The van der Waals surface area contributed by atoms with Gasteiger partial charge < -0.3 is 9.64 Å². The summed E-state index contributed by atoms with van der Waals surface area (Å²) in [7, 11) is 1.34. The first kappa shape index (κ1) is 19.4. The van der Waals surface area contributed by atoms with Gasteiger partial charge in [0.1, 0.15) is 11.1 Å². The minimum Gasteiger partial charge on any atom is -0.467 e. The van der Waals surface area contributed by atoms with Gasteiger partial charge in [-0.05, 0) is 36.6 Å². The van der Waals surface area contributed by atoms with Crippen molar-refractivity contribution >= 4 is 23.6 Å². The predicted molar refractivity (Wildman–Crippen MR) is 107 cm³/mol. The highest BCUT2D eigenvalue weighted by atomic mass is 32.2. The van der Waals surface area contributed by atoms with Gasteiger partial charge in [-0.1, -0.05) is 32.0 Å². The number of hydrogen-bond donors (Lipinski definition) is 0. The van der Waals surface area contributed by atoms with E-state index in [1.54, 1.807) is 23.6 Å². The summed E-state index contributed by atoms with van der Waals surface area (Å²) in [6, 6.07) is 9.32. The molecule has 1 amide bonds. The van der Waals surface area contributed by atoms with Gasteiger partial charge in [-0.2, -0.15) is 0 Å². The fourth-order valence-electron chi connectivity index (χ4n) is 3.27. The van der Waals surface area contributed by atoms with E-state index in [-0.39, 0.29) is 5.91 Å². The normalized spacial score (nSPS) is 14.9. The van der Waals surface area contributed by atoms with Crippen LogP contribution in [-0.2, 0) is 16.0 Å². The molecule has 6 heteroatoms. The van der Waals surface area contributed by atoms with E-state index >= 15 is 0 Å². The zero-order valence-corrected chi connectivity index (χ0v) is 16.9. The number of nitrogens with zero attached hydrogens (tertiary/aromatic N) is 2. The van der Waals surface area contributed by atoms with Gasteiger partial charge in [-0.3, -0.25) is 4.79 Å². The van der Waals surface area contributed by atoms with Crippen LogP contribution in [0.3, 0.4) is 0 Å². The second-order valence-corrected chi connectivity index (χ2v) is 8.41. The molecule has 1 aromatic carbocycles. The molecule has 0 bridgehead atoms. The van der Waals surface area contributed by atoms with Crippen molar-refractivity contribution in [1.82, 2.24) is 9.88 Å². The van der Waals surface area contributed by atoms with E-state index < -0.39 is 12.0 Å². The van der Waals surface area contributed by atoms with E-state index in [1.807, 2.05) is 24.4 Å². The quantitative estimate of drug-likeness (QED) is 0.579. The number of benzene rings is 1. The lowest BCUT2D eigenvalue weighted by atomic mass is 9.94. The molecule has 142 valence electrons. The van der Waals surface area contributed by atoms with Crippen molar-refractivity contribution in [1.29, 1.82) is 0 Å².